The highest BCUT2D eigenvalue weighted by atomic mass is 79.9. The highest BCUT2D eigenvalue weighted by molar-refractivity contribution is 9.10. The standard InChI is InChI=1S/C28H31BrN3OP/c1-22-15-17-30(18-16-22)28(26-14-13-23(2)21-27(26)29)34(33)31(24-9-5-3-6-10-24)19-20-32(34)25-11-7-4-8-12-25/h3-14,21,28H,1,15-20H2,2H3. The van der Waals surface area contributed by atoms with E-state index in [-0.39, 0.29) is 5.78 Å². The molecule has 176 valence electrons. The molecule has 0 aromatic heterocycles. The molecule has 2 saturated heterocycles. The van der Waals surface area contributed by atoms with Crippen LogP contribution in [0.3, 0.4) is 0 Å². The fraction of sp³-hybridized carbons (Fsp3) is 0.286. The molecule has 4 nitrogen and oxygen atoms in total. The molecule has 0 bridgehead atoms. The third-order valence-electron chi connectivity index (χ3n) is 6.93. The van der Waals surface area contributed by atoms with Gasteiger partial charge in [0.15, 0.2) is 0 Å². The molecule has 0 spiro atoms. The lowest BCUT2D eigenvalue weighted by molar-refractivity contribution is 0.231. The van der Waals surface area contributed by atoms with Crippen molar-refractivity contribution in [1.82, 2.24) is 4.90 Å². The topological polar surface area (TPSA) is 26.8 Å². The normalized spacial score (nSPS) is 19.4. The van der Waals surface area contributed by atoms with Gasteiger partial charge in [0.05, 0.1) is 0 Å². The Morgan fingerprint density at radius 1 is 0.824 bits per heavy atom. The van der Waals surface area contributed by atoms with Crippen LogP contribution >= 0.6 is 23.4 Å². The molecule has 0 radical (unpaired) electrons. The van der Waals surface area contributed by atoms with Gasteiger partial charge in [-0.05, 0) is 61.2 Å². The second-order valence-corrected chi connectivity index (χ2v) is 12.7. The van der Waals surface area contributed by atoms with Crippen LogP contribution in [-0.2, 0) is 4.57 Å². The van der Waals surface area contributed by atoms with Gasteiger partial charge in [-0.2, -0.15) is 0 Å². The molecule has 2 heterocycles. The zero-order valence-corrected chi connectivity index (χ0v) is 22.1. The summed E-state index contributed by atoms with van der Waals surface area (Å²) >= 11 is 3.85. The van der Waals surface area contributed by atoms with Crippen LogP contribution in [0.25, 0.3) is 0 Å². The Bertz CT molecular complexity index is 1160. The van der Waals surface area contributed by atoms with E-state index in [1.165, 1.54) is 11.1 Å². The SMILES string of the molecule is C=C1CCN(C(c2ccc(C)cc2Br)P2(=O)N(c3ccccc3)CCN2c2ccccc2)CC1. The van der Waals surface area contributed by atoms with E-state index < -0.39 is 7.44 Å². The third-order valence-corrected chi connectivity index (χ3v) is 11.1. The molecule has 2 fully saturated rings. The molecule has 2 aliphatic heterocycles. The van der Waals surface area contributed by atoms with E-state index in [9.17, 15) is 0 Å². The van der Waals surface area contributed by atoms with Gasteiger partial charge in [0.1, 0.15) is 5.78 Å². The number of piperidine rings is 1. The zero-order valence-electron chi connectivity index (χ0n) is 19.6. The minimum absolute atomic E-state index is 0.265. The summed E-state index contributed by atoms with van der Waals surface area (Å²) in [5.41, 5.74) is 5.58. The van der Waals surface area contributed by atoms with Crippen LogP contribution in [0, 0.1) is 6.92 Å². The lowest BCUT2D eigenvalue weighted by Crippen LogP contribution is -2.39. The molecule has 0 N–H and O–H groups in total. The first-order chi connectivity index (χ1) is 16.5. The first-order valence-electron chi connectivity index (χ1n) is 11.9. The Kier molecular flexibility index (Phi) is 6.70. The van der Waals surface area contributed by atoms with Gasteiger partial charge in [0, 0.05) is 42.0 Å². The van der Waals surface area contributed by atoms with Crippen LogP contribution in [0.2, 0.25) is 0 Å². The monoisotopic (exact) mass is 535 g/mol. The number of benzene rings is 3. The van der Waals surface area contributed by atoms with Crippen molar-refractivity contribution in [1.29, 1.82) is 0 Å². The Balaban J connectivity index is 1.71. The van der Waals surface area contributed by atoms with Gasteiger partial charge in [-0.25, -0.2) is 0 Å². The Morgan fingerprint density at radius 3 is 1.85 bits per heavy atom. The average molecular weight is 536 g/mol. The van der Waals surface area contributed by atoms with Crippen LogP contribution in [0.1, 0.15) is 29.8 Å². The Hall–Kier alpha value is -2.33. The van der Waals surface area contributed by atoms with Crippen LogP contribution in [0.15, 0.2) is 95.5 Å². The lowest BCUT2D eigenvalue weighted by atomic mass is 10.0. The van der Waals surface area contributed by atoms with Gasteiger partial charge < -0.3 is 9.34 Å². The quantitative estimate of drug-likeness (QED) is 0.248. The molecule has 0 amide bonds. The number of rotatable bonds is 5. The number of aryl methyl sites for hydroxylation is 1. The number of hydrogen-bond donors (Lipinski definition) is 0. The van der Waals surface area contributed by atoms with E-state index in [2.05, 4.69) is 86.1 Å². The predicted octanol–water partition coefficient (Wildman–Crippen LogP) is 7.63. The second-order valence-electron chi connectivity index (χ2n) is 9.19. The molecule has 1 unspecified atom stereocenters. The summed E-state index contributed by atoms with van der Waals surface area (Å²) in [5, 5.41) is 0. The summed E-state index contributed by atoms with van der Waals surface area (Å²) in [5.74, 6) is -0.265. The molecule has 5 rings (SSSR count). The summed E-state index contributed by atoms with van der Waals surface area (Å²) in [6, 6.07) is 27.0. The van der Waals surface area contributed by atoms with Crippen molar-refractivity contribution in [2.24, 2.45) is 0 Å². The molecule has 34 heavy (non-hydrogen) atoms. The van der Waals surface area contributed by atoms with Gasteiger partial charge in [-0.15, -0.1) is 0 Å². The van der Waals surface area contributed by atoms with E-state index in [1.807, 2.05) is 36.4 Å². The summed E-state index contributed by atoms with van der Waals surface area (Å²) in [4.78, 5) is 2.43. The number of hydrogen-bond acceptors (Lipinski definition) is 2. The van der Waals surface area contributed by atoms with Crippen molar-refractivity contribution in [3.63, 3.8) is 0 Å². The van der Waals surface area contributed by atoms with Crippen LogP contribution in [0.5, 0.6) is 0 Å². The molecule has 6 heteroatoms. The number of anilines is 2. The smallest absolute Gasteiger partial charge is 0.284 e. The minimum Gasteiger partial charge on any atom is -0.304 e. The Labute approximate surface area is 211 Å². The van der Waals surface area contributed by atoms with E-state index >= 15 is 4.57 Å². The highest BCUT2D eigenvalue weighted by Gasteiger charge is 2.52. The van der Waals surface area contributed by atoms with E-state index in [4.69, 9.17) is 0 Å². The van der Waals surface area contributed by atoms with E-state index in [1.54, 1.807) is 0 Å². The zero-order chi connectivity index (χ0) is 23.7. The van der Waals surface area contributed by atoms with Crippen molar-refractivity contribution in [3.8, 4) is 0 Å². The number of para-hydroxylation sites is 2. The molecule has 2 aliphatic rings. The van der Waals surface area contributed by atoms with Gasteiger partial charge >= 0.3 is 0 Å². The summed E-state index contributed by atoms with van der Waals surface area (Å²) < 4.78 is 21.1. The number of halogens is 1. The Morgan fingerprint density at radius 2 is 1.35 bits per heavy atom. The lowest BCUT2D eigenvalue weighted by Gasteiger charge is -2.44. The average Bonchev–Trinajstić information content (AvgIpc) is 3.20. The second kappa shape index (κ2) is 9.73. The van der Waals surface area contributed by atoms with Crippen molar-refractivity contribution in [3.05, 3.63) is 107 Å². The summed E-state index contributed by atoms with van der Waals surface area (Å²) in [7, 11) is -3.16. The molecule has 0 aliphatic carbocycles. The van der Waals surface area contributed by atoms with Gasteiger partial charge in [-0.3, -0.25) is 9.46 Å². The maximum absolute atomic E-state index is 15.8. The van der Waals surface area contributed by atoms with Crippen molar-refractivity contribution in [2.75, 3.05) is 35.5 Å². The number of likely N-dealkylation sites (tertiary alicyclic amines) is 1. The molecule has 1 atom stereocenters. The maximum Gasteiger partial charge on any atom is 0.284 e. The first kappa shape index (κ1) is 23.4. The first-order valence-corrected chi connectivity index (χ1v) is 14.4. The molecular formula is C28H31BrN3OP. The van der Waals surface area contributed by atoms with Crippen LogP contribution in [0.4, 0.5) is 11.4 Å². The number of nitrogens with zero attached hydrogens (tertiary/aromatic N) is 3. The van der Waals surface area contributed by atoms with Gasteiger partial charge in [-0.1, -0.05) is 76.6 Å². The molecular weight excluding hydrogens is 505 g/mol. The predicted molar refractivity (Wildman–Crippen MR) is 147 cm³/mol. The fourth-order valence-corrected chi connectivity index (χ4v) is 9.78. The minimum atomic E-state index is -3.16. The highest BCUT2D eigenvalue weighted by Crippen LogP contribution is 2.70. The summed E-state index contributed by atoms with van der Waals surface area (Å²) in [6.45, 7) is 9.48. The van der Waals surface area contributed by atoms with Crippen molar-refractivity contribution < 1.29 is 4.57 Å². The van der Waals surface area contributed by atoms with Crippen molar-refractivity contribution >= 4 is 34.7 Å². The largest absolute Gasteiger partial charge is 0.304 e. The molecule has 3 aromatic rings. The van der Waals surface area contributed by atoms with Crippen LogP contribution in [-0.4, -0.2) is 31.1 Å². The van der Waals surface area contributed by atoms with Gasteiger partial charge in [0.25, 0.3) is 7.44 Å². The van der Waals surface area contributed by atoms with Crippen LogP contribution < -0.4 is 9.34 Å². The van der Waals surface area contributed by atoms with E-state index in [0.29, 0.717) is 0 Å². The molecule has 0 saturated carbocycles. The summed E-state index contributed by atoms with van der Waals surface area (Å²) in [6.07, 6.45) is 1.88. The van der Waals surface area contributed by atoms with Crippen molar-refractivity contribution in [2.45, 2.75) is 25.5 Å². The molecule has 3 aromatic carbocycles. The van der Waals surface area contributed by atoms with E-state index in [0.717, 1.165) is 60.4 Å². The third kappa shape index (κ3) is 4.26. The maximum atomic E-state index is 15.8. The fourth-order valence-electron chi connectivity index (χ4n) is 5.18. The van der Waals surface area contributed by atoms with Gasteiger partial charge in [0.2, 0.25) is 0 Å².